The van der Waals surface area contributed by atoms with Crippen LogP contribution >= 0.6 is 11.6 Å². The molecule has 1 aliphatic heterocycles. The van der Waals surface area contributed by atoms with Crippen molar-refractivity contribution < 1.29 is 4.79 Å². The Morgan fingerprint density at radius 2 is 2.00 bits per heavy atom. The van der Waals surface area contributed by atoms with Gasteiger partial charge in [-0.05, 0) is 36.2 Å². The third kappa shape index (κ3) is 2.00. The second kappa shape index (κ2) is 4.35. The maximum atomic E-state index is 12.4. The molecule has 0 unspecified atom stereocenters. The topological polar surface area (TPSA) is 33.2 Å². The number of hydrogen-bond acceptors (Lipinski definition) is 2. The number of nitrogens with zero attached hydrogens (tertiary/aromatic N) is 2. The number of fused-ring (bicyclic) bond motifs is 3. The fraction of sp³-hybridized carbons (Fsp3) is 0.200. The first-order chi connectivity index (χ1) is 9.06. The molecule has 3 rings (SSSR count). The SMILES string of the molecule is Cc1ccc2c(n1)C(=O)N(C)Cc1ccc(Cl)cc1-2. The average Bonchev–Trinajstić information content (AvgIpc) is 2.48. The summed E-state index contributed by atoms with van der Waals surface area (Å²) in [5.41, 5.74) is 4.28. The third-order valence-corrected chi connectivity index (χ3v) is 3.59. The van der Waals surface area contributed by atoms with Gasteiger partial charge in [-0.25, -0.2) is 4.98 Å². The van der Waals surface area contributed by atoms with Crippen LogP contribution in [0.1, 0.15) is 21.7 Å². The highest BCUT2D eigenvalue weighted by Crippen LogP contribution is 2.33. The highest BCUT2D eigenvalue weighted by molar-refractivity contribution is 6.31. The quantitative estimate of drug-likeness (QED) is 0.737. The Morgan fingerprint density at radius 3 is 2.79 bits per heavy atom. The molecule has 1 aromatic carbocycles. The van der Waals surface area contributed by atoms with Crippen molar-refractivity contribution in [2.75, 3.05) is 7.05 Å². The number of aromatic nitrogens is 1. The van der Waals surface area contributed by atoms with E-state index in [-0.39, 0.29) is 5.91 Å². The molecule has 0 atom stereocenters. The molecule has 0 bridgehead atoms. The van der Waals surface area contributed by atoms with Gasteiger partial charge in [-0.1, -0.05) is 23.7 Å². The Kier molecular flexibility index (Phi) is 2.79. The summed E-state index contributed by atoms with van der Waals surface area (Å²) in [5, 5.41) is 0.669. The highest BCUT2D eigenvalue weighted by atomic mass is 35.5. The molecule has 0 fully saturated rings. The standard InChI is InChI=1S/C15H13ClN2O/c1-9-3-6-12-13-7-11(16)5-4-10(13)8-18(2)15(19)14(12)17-9/h3-7H,8H2,1-2H3. The Hall–Kier alpha value is -1.87. The van der Waals surface area contributed by atoms with Gasteiger partial charge in [-0.2, -0.15) is 0 Å². The molecular weight excluding hydrogens is 260 g/mol. The maximum absolute atomic E-state index is 12.4. The van der Waals surface area contributed by atoms with Crippen molar-refractivity contribution in [3.8, 4) is 11.1 Å². The number of amides is 1. The Bertz CT molecular complexity index is 682. The van der Waals surface area contributed by atoms with Crippen molar-refractivity contribution in [1.82, 2.24) is 9.88 Å². The maximum Gasteiger partial charge on any atom is 0.273 e. The van der Waals surface area contributed by atoms with Crippen LogP contribution in [0.25, 0.3) is 11.1 Å². The lowest BCUT2D eigenvalue weighted by molar-refractivity contribution is 0.0782. The Balaban J connectivity index is 2.34. The van der Waals surface area contributed by atoms with E-state index in [2.05, 4.69) is 4.98 Å². The summed E-state index contributed by atoms with van der Waals surface area (Å²) < 4.78 is 0. The summed E-state index contributed by atoms with van der Waals surface area (Å²) in [4.78, 5) is 18.5. The van der Waals surface area contributed by atoms with Gasteiger partial charge >= 0.3 is 0 Å². The lowest BCUT2D eigenvalue weighted by atomic mass is 9.99. The third-order valence-electron chi connectivity index (χ3n) is 3.35. The summed E-state index contributed by atoms with van der Waals surface area (Å²) in [6.07, 6.45) is 0. The van der Waals surface area contributed by atoms with Gasteiger partial charge in [-0.15, -0.1) is 0 Å². The minimum absolute atomic E-state index is 0.0500. The minimum Gasteiger partial charge on any atom is -0.336 e. The largest absolute Gasteiger partial charge is 0.336 e. The van der Waals surface area contributed by atoms with Gasteiger partial charge in [0.25, 0.3) is 5.91 Å². The number of carbonyl (C=O) groups is 1. The Labute approximate surface area is 116 Å². The first-order valence-corrected chi connectivity index (χ1v) is 6.46. The summed E-state index contributed by atoms with van der Waals surface area (Å²) in [6, 6.07) is 9.59. The molecule has 1 aliphatic rings. The van der Waals surface area contributed by atoms with Crippen LogP contribution in [0.2, 0.25) is 5.02 Å². The number of pyridine rings is 1. The Morgan fingerprint density at radius 1 is 1.21 bits per heavy atom. The molecule has 2 heterocycles. The average molecular weight is 273 g/mol. The van der Waals surface area contributed by atoms with Crippen LogP contribution in [-0.4, -0.2) is 22.8 Å². The van der Waals surface area contributed by atoms with E-state index in [9.17, 15) is 4.79 Å². The first kappa shape index (κ1) is 12.2. The number of benzene rings is 1. The van der Waals surface area contributed by atoms with E-state index < -0.39 is 0 Å². The predicted octanol–water partition coefficient (Wildman–Crippen LogP) is 3.30. The monoisotopic (exact) mass is 272 g/mol. The fourth-order valence-electron chi connectivity index (χ4n) is 2.38. The van der Waals surface area contributed by atoms with Crippen LogP contribution in [0.5, 0.6) is 0 Å². The molecule has 2 aromatic rings. The summed E-state index contributed by atoms with van der Waals surface area (Å²) in [6.45, 7) is 2.46. The predicted molar refractivity (Wildman–Crippen MR) is 75.2 cm³/mol. The van der Waals surface area contributed by atoms with E-state index in [0.29, 0.717) is 17.3 Å². The van der Waals surface area contributed by atoms with Gasteiger partial charge in [0.2, 0.25) is 0 Å². The number of rotatable bonds is 0. The molecule has 0 spiro atoms. The van der Waals surface area contributed by atoms with E-state index in [4.69, 9.17) is 11.6 Å². The molecule has 19 heavy (non-hydrogen) atoms. The molecule has 0 aliphatic carbocycles. The van der Waals surface area contributed by atoms with Crippen molar-refractivity contribution in [1.29, 1.82) is 0 Å². The van der Waals surface area contributed by atoms with E-state index in [1.54, 1.807) is 11.9 Å². The molecule has 0 N–H and O–H groups in total. The van der Waals surface area contributed by atoms with E-state index in [1.165, 1.54) is 0 Å². The summed E-state index contributed by atoms with van der Waals surface area (Å²) in [5.74, 6) is -0.0500. The lowest BCUT2D eigenvalue weighted by Gasteiger charge is -2.14. The molecular formula is C15H13ClN2O. The van der Waals surface area contributed by atoms with Gasteiger partial charge in [0.1, 0.15) is 5.69 Å². The van der Waals surface area contributed by atoms with Gasteiger partial charge in [-0.3, -0.25) is 4.79 Å². The van der Waals surface area contributed by atoms with Crippen molar-refractivity contribution in [2.45, 2.75) is 13.5 Å². The molecule has 0 saturated heterocycles. The van der Waals surface area contributed by atoms with Crippen LogP contribution in [0.4, 0.5) is 0 Å². The van der Waals surface area contributed by atoms with Crippen LogP contribution < -0.4 is 0 Å². The van der Waals surface area contributed by atoms with Crippen molar-refractivity contribution in [3.05, 3.63) is 52.3 Å². The van der Waals surface area contributed by atoms with Gasteiger partial charge < -0.3 is 4.90 Å². The van der Waals surface area contributed by atoms with Crippen molar-refractivity contribution in [2.24, 2.45) is 0 Å². The molecule has 0 saturated carbocycles. The molecule has 1 amide bonds. The van der Waals surface area contributed by atoms with E-state index in [0.717, 1.165) is 22.4 Å². The number of hydrogen-bond donors (Lipinski definition) is 0. The first-order valence-electron chi connectivity index (χ1n) is 6.08. The van der Waals surface area contributed by atoms with E-state index >= 15 is 0 Å². The smallest absolute Gasteiger partial charge is 0.273 e. The molecule has 4 heteroatoms. The highest BCUT2D eigenvalue weighted by Gasteiger charge is 2.25. The van der Waals surface area contributed by atoms with Crippen LogP contribution in [0.3, 0.4) is 0 Å². The fourth-order valence-corrected chi connectivity index (χ4v) is 2.55. The van der Waals surface area contributed by atoms with Gasteiger partial charge in [0.15, 0.2) is 0 Å². The normalized spacial score (nSPS) is 13.8. The van der Waals surface area contributed by atoms with Crippen LogP contribution in [0.15, 0.2) is 30.3 Å². The van der Waals surface area contributed by atoms with Gasteiger partial charge in [0, 0.05) is 29.9 Å². The van der Waals surface area contributed by atoms with E-state index in [1.807, 2.05) is 37.3 Å². The van der Waals surface area contributed by atoms with Crippen molar-refractivity contribution >= 4 is 17.5 Å². The zero-order valence-electron chi connectivity index (χ0n) is 10.8. The molecule has 3 nitrogen and oxygen atoms in total. The lowest BCUT2D eigenvalue weighted by Crippen LogP contribution is -2.25. The molecule has 0 radical (unpaired) electrons. The molecule has 96 valence electrons. The van der Waals surface area contributed by atoms with Crippen molar-refractivity contribution in [3.63, 3.8) is 0 Å². The number of aryl methyl sites for hydroxylation is 1. The van der Waals surface area contributed by atoms with Crippen LogP contribution in [0, 0.1) is 6.92 Å². The second-order valence-corrected chi connectivity index (χ2v) is 5.25. The summed E-state index contributed by atoms with van der Waals surface area (Å²) >= 11 is 6.08. The number of halogens is 1. The second-order valence-electron chi connectivity index (χ2n) is 4.81. The molecule has 1 aromatic heterocycles. The summed E-state index contributed by atoms with van der Waals surface area (Å²) in [7, 11) is 1.79. The van der Waals surface area contributed by atoms with Crippen LogP contribution in [-0.2, 0) is 6.54 Å². The van der Waals surface area contributed by atoms with Gasteiger partial charge in [0.05, 0.1) is 0 Å². The minimum atomic E-state index is -0.0500. The zero-order valence-corrected chi connectivity index (χ0v) is 11.5. The zero-order chi connectivity index (χ0) is 13.6. The number of carbonyl (C=O) groups excluding carboxylic acids is 1.